The minimum atomic E-state index is -0.104. The van der Waals surface area contributed by atoms with Crippen LogP contribution >= 0.6 is 0 Å². The van der Waals surface area contributed by atoms with Crippen LogP contribution in [-0.2, 0) is 17.9 Å². The zero-order chi connectivity index (χ0) is 23.3. The number of hydrogen-bond donors (Lipinski definition) is 1. The molecule has 0 unspecified atom stereocenters. The normalized spacial score (nSPS) is 20.7. The third-order valence-corrected chi connectivity index (χ3v) is 7.48. The first-order valence-corrected chi connectivity index (χ1v) is 12.8. The number of rotatable bonds is 6. The summed E-state index contributed by atoms with van der Waals surface area (Å²) in [4.78, 5) is 41.8. The smallest absolute Gasteiger partial charge is 0.252 e. The van der Waals surface area contributed by atoms with Gasteiger partial charge in [0.2, 0.25) is 11.9 Å². The van der Waals surface area contributed by atoms with Gasteiger partial charge in [-0.3, -0.25) is 24.4 Å². The van der Waals surface area contributed by atoms with Crippen molar-refractivity contribution in [2.75, 3.05) is 57.3 Å². The fourth-order valence-electron chi connectivity index (χ4n) is 5.47. The number of carbonyl (C=O) groups is 1. The Morgan fingerprint density at radius 2 is 1.53 bits per heavy atom. The Balaban J connectivity index is 1.13. The molecule has 1 N–H and O–H groups in total. The highest BCUT2D eigenvalue weighted by Gasteiger charge is 2.30. The van der Waals surface area contributed by atoms with E-state index < -0.39 is 0 Å². The molecule has 2 aliphatic heterocycles. The number of hydrogen-bond acceptors (Lipinski definition) is 6. The quantitative estimate of drug-likeness (QED) is 0.704. The number of nitrogens with one attached hydrogen (secondary N) is 1. The Labute approximate surface area is 201 Å². The van der Waals surface area contributed by atoms with Gasteiger partial charge in [-0.05, 0) is 18.4 Å². The molecule has 1 amide bonds. The minimum absolute atomic E-state index is 0.104. The van der Waals surface area contributed by atoms with Crippen molar-refractivity contribution in [3.05, 3.63) is 58.0 Å². The highest BCUT2D eigenvalue weighted by Crippen LogP contribution is 2.27. The van der Waals surface area contributed by atoms with Crippen molar-refractivity contribution in [3.63, 3.8) is 0 Å². The van der Waals surface area contributed by atoms with Crippen LogP contribution < -0.4 is 10.5 Å². The van der Waals surface area contributed by atoms with E-state index in [4.69, 9.17) is 4.98 Å². The molecule has 8 heteroatoms. The maximum atomic E-state index is 12.7. The Bertz CT molecular complexity index is 1000. The number of aromatic nitrogens is 2. The summed E-state index contributed by atoms with van der Waals surface area (Å²) in [6.45, 7) is 8.47. The average Bonchev–Trinajstić information content (AvgIpc) is 3.40. The van der Waals surface area contributed by atoms with E-state index in [0.29, 0.717) is 44.6 Å². The van der Waals surface area contributed by atoms with Crippen LogP contribution in [-0.4, -0.2) is 82.9 Å². The molecule has 0 bridgehead atoms. The fourth-order valence-corrected chi connectivity index (χ4v) is 5.47. The molecule has 0 atom stereocenters. The maximum absolute atomic E-state index is 12.7. The van der Waals surface area contributed by atoms with E-state index in [9.17, 15) is 9.59 Å². The molecule has 0 spiro atoms. The summed E-state index contributed by atoms with van der Waals surface area (Å²) in [5.41, 5.74) is 2.06. The van der Waals surface area contributed by atoms with Gasteiger partial charge in [-0.15, -0.1) is 0 Å². The molecular weight excluding hydrogens is 428 g/mol. The summed E-state index contributed by atoms with van der Waals surface area (Å²) < 4.78 is 0. The molecule has 2 aromatic rings. The molecule has 8 nitrogen and oxygen atoms in total. The third kappa shape index (κ3) is 5.67. The van der Waals surface area contributed by atoms with E-state index in [-0.39, 0.29) is 11.5 Å². The van der Waals surface area contributed by atoms with Crippen LogP contribution in [0.1, 0.15) is 36.9 Å². The summed E-state index contributed by atoms with van der Waals surface area (Å²) in [7, 11) is 0. The number of nitrogens with zero attached hydrogens (tertiary/aromatic N) is 5. The molecule has 1 saturated carbocycles. The van der Waals surface area contributed by atoms with Crippen LogP contribution in [0.4, 0.5) is 5.95 Å². The van der Waals surface area contributed by atoms with Crippen LogP contribution in [0.5, 0.6) is 0 Å². The first kappa shape index (κ1) is 23.1. The number of aromatic amines is 1. The monoisotopic (exact) mass is 464 g/mol. The van der Waals surface area contributed by atoms with Crippen molar-refractivity contribution in [2.45, 2.75) is 38.8 Å². The van der Waals surface area contributed by atoms with Crippen molar-refractivity contribution >= 4 is 11.9 Å². The zero-order valence-electron chi connectivity index (χ0n) is 20.0. The lowest BCUT2D eigenvalue weighted by Crippen LogP contribution is -2.51. The highest BCUT2D eigenvalue weighted by molar-refractivity contribution is 5.79. The number of piperazine rings is 2. The van der Waals surface area contributed by atoms with Gasteiger partial charge in [-0.2, -0.15) is 0 Å². The zero-order valence-corrected chi connectivity index (χ0v) is 20.0. The molecule has 182 valence electrons. The van der Waals surface area contributed by atoms with E-state index in [1.807, 2.05) is 4.90 Å². The summed E-state index contributed by atoms with van der Waals surface area (Å²) in [5.74, 6) is 1.18. The average molecular weight is 465 g/mol. The summed E-state index contributed by atoms with van der Waals surface area (Å²) in [6, 6.07) is 12.2. The van der Waals surface area contributed by atoms with Gasteiger partial charge in [0.15, 0.2) is 0 Å². The minimum Gasteiger partial charge on any atom is -0.339 e. The molecule has 3 aliphatic rings. The number of anilines is 1. The van der Waals surface area contributed by atoms with Gasteiger partial charge in [0.05, 0.1) is 5.69 Å². The summed E-state index contributed by atoms with van der Waals surface area (Å²) in [5, 5.41) is 0. The Morgan fingerprint density at radius 3 is 2.21 bits per heavy atom. The second kappa shape index (κ2) is 10.7. The molecule has 2 saturated heterocycles. The first-order valence-electron chi connectivity index (χ1n) is 12.8. The van der Waals surface area contributed by atoms with E-state index in [1.165, 1.54) is 18.4 Å². The molecule has 5 rings (SSSR count). The molecular formula is C26H36N6O2. The number of H-pyrrole nitrogens is 1. The second-order valence-electron chi connectivity index (χ2n) is 9.89. The molecule has 1 aromatic heterocycles. The Hall–Kier alpha value is -2.71. The summed E-state index contributed by atoms with van der Waals surface area (Å²) >= 11 is 0. The fraction of sp³-hybridized carbons (Fsp3) is 0.577. The Kier molecular flexibility index (Phi) is 7.25. The van der Waals surface area contributed by atoms with E-state index >= 15 is 0 Å². The van der Waals surface area contributed by atoms with Crippen molar-refractivity contribution in [2.24, 2.45) is 5.92 Å². The lowest BCUT2D eigenvalue weighted by molar-refractivity contribution is -0.135. The topological polar surface area (TPSA) is 75.8 Å². The molecule has 1 aliphatic carbocycles. The van der Waals surface area contributed by atoms with Crippen molar-refractivity contribution in [1.82, 2.24) is 24.7 Å². The predicted molar refractivity (Wildman–Crippen MR) is 133 cm³/mol. The summed E-state index contributed by atoms with van der Waals surface area (Å²) in [6.07, 6.45) is 4.43. The van der Waals surface area contributed by atoms with Crippen molar-refractivity contribution < 1.29 is 4.79 Å². The maximum Gasteiger partial charge on any atom is 0.252 e. The van der Waals surface area contributed by atoms with Gasteiger partial charge in [0.25, 0.3) is 5.56 Å². The number of carbonyl (C=O) groups excluding carboxylic acids is 1. The lowest BCUT2D eigenvalue weighted by atomic mass is 10.1. The van der Waals surface area contributed by atoms with Crippen molar-refractivity contribution in [3.8, 4) is 0 Å². The Morgan fingerprint density at radius 1 is 0.882 bits per heavy atom. The van der Waals surface area contributed by atoms with Crippen LogP contribution in [0.25, 0.3) is 0 Å². The van der Waals surface area contributed by atoms with Gasteiger partial charge in [-0.25, -0.2) is 4.98 Å². The van der Waals surface area contributed by atoms with E-state index in [2.05, 4.69) is 50.0 Å². The largest absolute Gasteiger partial charge is 0.339 e. The number of amides is 1. The predicted octanol–water partition coefficient (Wildman–Crippen LogP) is 1.93. The standard InChI is InChI=1S/C26H36N6O2/c33-24-18-23(20-30-12-10-29(11-13-30)19-21-6-2-1-3-7-21)27-26(28-24)32-16-14-31(15-17-32)25(34)22-8-4-5-9-22/h1-3,6-7,18,22H,4-5,8-17,19-20H2,(H,27,28,33). The van der Waals surface area contributed by atoms with Gasteiger partial charge < -0.3 is 9.80 Å². The molecule has 0 radical (unpaired) electrons. The van der Waals surface area contributed by atoms with Crippen LogP contribution in [0, 0.1) is 5.92 Å². The molecule has 34 heavy (non-hydrogen) atoms. The SMILES string of the molecule is O=C(C1CCCC1)N1CCN(c2nc(CN3CCN(Cc4ccccc4)CC3)cc(=O)[nH]2)CC1. The second-order valence-corrected chi connectivity index (χ2v) is 9.89. The van der Waals surface area contributed by atoms with E-state index in [1.54, 1.807) is 6.07 Å². The first-order chi connectivity index (χ1) is 16.6. The van der Waals surface area contributed by atoms with Crippen LogP contribution in [0.2, 0.25) is 0 Å². The van der Waals surface area contributed by atoms with Crippen LogP contribution in [0.15, 0.2) is 41.2 Å². The highest BCUT2D eigenvalue weighted by atomic mass is 16.2. The van der Waals surface area contributed by atoms with E-state index in [0.717, 1.165) is 51.3 Å². The molecule has 3 fully saturated rings. The third-order valence-electron chi connectivity index (χ3n) is 7.48. The molecule has 3 heterocycles. The number of benzene rings is 1. The van der Waals surface area contributed by atoms with Gasteiger partial charge in [-0.1, -0.05) is 43.2 Å². The lowest BCUT2D eigenvalue weighted by Gasteiger charge is -2.36. The van der Waals surface area contributed by atoms with Gasteiger partial charge >= 0.3 is 0 Å². The van der Waals surface area contributed by atoms with Crippen molar-refractivity contribution in [1.29, 1.82) is 0 Å². The van der Waals surface area contributed by atoms with Gasteiger partial charge in [0.1, 0.15) is 0 Å². The van der Waals surface area contributed by atoms with Gasteiger partial charge in [0, 0.05) is 77.4 Å². The molecule has 1 aromatic carbocycles. The van der Waals surface area contributed by atoms with Crippen LogP contribution in [0.3, 0.4) is 0 Å².